The Kier molecular flexibility index (Phi) is 5.15. The molecule has 5 nitrogen and oxygen atoms in total. The second kappa shape index (κ2) is 6.39. The van der Waals surface area contributed by atoms with E-state index in [1.165, 1.54) is 6.33 Å². The van der Waals surface area contributed by atoms with Crippen molar-refractivity contribution in [1.29, 1.82) is 0 Å². The van der Waals surface area contributed by atoms with Crippen LogP contribution in [0.5, 0.6) is 0 Å². The molecule has 0 spiro atoms. The molecule has 0 aromatic carbocycles. The van der Waals surface area contributed by atoms with E-state index in [-0.39, 0.29) is 0 Å². The van der Waals surface area contributed by atoms with Crippen molar-refractivity contribution in [3.05, 3.63) is 12.4 Å². The monoisotopic (exact) mass is 237 g/mol. The maximum absolute atomic E-state index is 5.59. The van der Waals surface area contributed by atoms with Crippen LogP contribution < -0.4 is 11.1 Å². The number of nitrogen functional groups attached to an aromatic ring is 1. The SMILES string of the molecule is CC(C)N(CCNc1cc(N)ncn1)C(C)C. The summed E-state index contributed by atoms with van der Waals surface area (Å²) in [4.78, 5) is 10.4. The first-order valence-corrected chi connectivity index (χ1v) is 6.08. The maximum atomic E-state index is 5.59. The van der Waals surface area contributed by atoms with Crippen molar-refractivity contribution in [2.45, 2.75) is 39.8 Å². The summed E-state index contributed by atoms with van der Waals surface area (Å²) in [5.41, 5.74) is 5.59. The van der Waals surface area contributed by atoms with Crippen LogP contribution >= 0.6 is 0 Å². The second-order valence-corrected chi connectivity index (χ2v) is 4.68. The summed E-state index contributed by atoms with van der Waals surface area (Å²) in [6.45, 7) is 10.7. The van der Waals surface area contributed by atoms with Gasteiger partial charge in [-0.2, -0.15) is 0 Å². The van der Waals surface area contributed by atoms with Gasteiger partial charge in [0.25, 0.3) is 0 Å². The molecule has 0 saturated heterocycles. The molecule has 0 unspecified atom stereocenters. The van der Waals surface area contributed by atoms with Crippen molar-refractivity contribution in [2.75, 3.05) is 24.1 Å². The third kappa shape index (κ3) is 4.56. The van der Waals surface area contributed by atoms with Gasteiger partial charge >= 0.3 is 0 Å². The van der Waals surface area contributed by atoms with Crippen LogP contribution in [-0.2, 0) is 0 Å². The van der Waals surface area contributed by atoms with Gasteiger partial charge in [0.1, 0.15) is 18.0 Å². The van der Waals surface area contributed by atoms with Crippen molar-refractivity contribution >= 4 is 11.6 Å². The van der Waals surface area contributed by atoms with Gasteiger partial charge in [-0.15, -0.1) is 0 Å². The zero-order chi connectivity index (χ0) is 12.8. The van der Waals surface area contributed by atoms with Gasteiger partial charge in [-0.25, -0.2) is 9.97 Å². The summed E-state index contributed by atoms with van der Waals surface area (Å²) in [6.07, 6.45) is 1.47. The van der Waals surface area contributed by atoms with Gasteiger partial charge in [-0.05, 0) is 27.7 Å². The van der Waals surface area contributed by atoms with Gasteiger partial charge < -0.3 is 11.1 Å². The molecule has 17 heavy (non-hydrogen) atoms. The molecule has 96 valence electrons. The minimum atomic E-state index is 0.493. The van der Waals surface area contributed by atoms with Crippen LogP contribution in [0.4, 0.5) is 11.6 Å². The van der Waals surface area contributed by atoms with E-state index in [1.54, 1.807) is 6.07 Å². The fourth-order valence-corrected chi connectivity index (χ4v) is 1.89. The Labute approximate surface area is 103 Å². The first-order valence-electron chi connectivity index (χ1n) is 6.08. The number of nitrogens with zero attached hydrogens (tertiary/aromatic N) is 3. The third-order valence-electron chi connectivity index (χ3n) is 2.69. The molecule has 0 amide bonds. The van der Waals surface area contributed by atoms with E-state index in [2.05, 4.69) is 47.9 Å². The second-order valence-electron chi connectivity index (χ2n) is 4.68. The van der Waals surface area contributed by atoms with Crippen LogP contribution in [0.15, 0.2) is 12.4 Å². The van der Waals surface area contributed by atoms with Crippen molar-refractivity contribution in [3.8, 4) is 0 Å². The molecular formula is C12H23N5. The lowest BCUT2D eigenvalue weighted by Crippen LogP contribution is -2.40. The molecule has 0 fully saturated rings. The highest BCUT2D eigenvalue weighted by Crippen LogP contribution is 2.06. The largest absolute Gasteiger partial charge is 0.384 e. The number of nitrogens with two attached hydrogens (primary N) is 1. The van der Waals surface area contributed by atoms with E-state index in [1.807, 2.05) is 0 Å². The molecule has 1 aromatic rings. The molecule has 0 aliphatic heterocycles. The van der Waals surface area contributed by atoms with E-state index in [0.717, 1.165) is 18.9 Å². The summed E-state index contributed by atoms with van der Waals surface area (Å²) in [7, 11) is 0. The Morgan fingerprint density at radius 3 is 2.41 bits per heavy atom. The highest BCUT2D eigenvalue weighted by atomic mass is 15.2. The lowest BCUT2D eigenvalue weighted by molar-refractivity contribution is 0.182. The van der Waals surface area contributed by atoms with E-state index in [9.17, 15) is 0 Å². The van der Waals surface area contributed by atoms with Crippen molar-refractivity contribution in [3.63, 3.8) is 0 Å². The van der Waals surface area contributed by atoms with Gasteiger partial charge in [0.05, 0.1) is 0 Å². The lowest BCUT2D eigenvalue weighted by atomic mass is 10.2. The summed E-state index contributed by atoms with van der Waals surface area (Å²) in [6, 6.07) is 2.84. The number of hydrogen-bond donors (Lipinski definition) is 2. The molecule has 3 N–H and O–H groups in total. The van der Waals surface area contributed by atoms with Crippen LogP contribution in [-0.4, -0.2) is 40.0 Å². The Balaban J connectivity index is 2.41. The molecule has 0 radical (unpaired) electrons. The Bertz CT molecular complexity index is 329. The highest BCUT2D eigenvalue weighted by molar-refractivity contribution is 5.43. The molecule has 0 aliphatic rings. The molecule has 1 rings (SSSR count). The average molecular weight is 237 g/mol. The smallest absolute Gasteiger partial charge is 0.131 e. The normalized spacial score (nSPS) is 11.5. The molecule has 5 heteroatoms. The Morgan fingerprint density at radius 1 is 1.24 bits per heavy atom. The van der Waals surface area contributed by atoms with Gasteiger partial charge in [0.2, 0.25) is 0 Å². The molecule has 0 saturated carbocycles. The summed E-state index contributed by atoms with van der Waals surface area (Å²) in [5.74, 6) is 1.28. The van der Waals surface area contributed by atoms with Crippen molar-refractivity contribution in [2.24, 2.45) is 0 Å². The van der Waals surface area contributed by atoms with Gasteiger partial charge in [0, 0.05) is 31.2 Å². The fourth-order valence-electron chi connectivity index (χ4n) is 1.89. The summed E-state index contributed by atoms with van der Waals surface area (Å²) < 4.78 is 0. The summed E-state index contributed by atoms with van der Waals surface area (Å²) in [5, 5.41) is 3.25. The predicted molar refractivity (Wildman–Crippen MR) is 71.9 cm³/mol. The number of anilines is 2. The minimum Gasteiger partial charge on any atom is -0.384 e. The standard InChI is InChI=1S/C12H23N5/c1-9(2)17(10(3)4)6-5-14-12-7-11(13)15-8-16-12/h7-10H,5-6H2,1-4H3,(H3,13,14,15,16). The minimum absolute atomic E-state index is 0.493. The quantitative estimate of drug-likeness (QED) is 0.786. The summed E-state index contributed by atoms with van der Waals surface area (Å²) >= 11 is 0. The van der Waals surface area contributed by atoms with E-state index < -0.39 is 0 Å². The van der Waals surface area contributed by atoms with Crippen LogP contribution in [0, 0.1) is 0 Å². The van der Waals surface area contributed by atoms with Gasteiger partial charge in [-0.3, -0.25) is 4.90 Å². The van der Waals surface area contributed by atoms with Crippen LogP contribution in [0.3, 0.4) is 0 Å². The molecule has 0 atom stereocenters. The average Bonchev–Trinajstić information content (AvgIpc) is 2.23. The fraction of sp³-hybridized carbons (Fsp3) is 0.667. The Hall–Kier alpha value is -1.36. The van der Waals surface area contributed by atoms with Crippen molar-refractivity contribution in [1.82, 2.24) is 14.9 Å². The third-order valence-corrected chi connectivity index (χ3v) is 2.69. The zero-order valence-electron chi connectivity index (χ0n) is 11.1. The van der Waals surface area contributed by atoms with Crippen LogP contribution in [0.2, 0.25) is 0 Å². The molecule has 0 bridgehead atoms. The lowest BCUT2D eigenvalue weighted by Gasteiger charge is -2.30. The predicted octanol–water partition coefficient (Wildman–Crippen LogP) is 1.59. The van der Waals surface area contributed by atoms with E-state index in [4.69, 9.17) is 5.73 Å². The van der Waals surface area contributed by atoms with Crippen LogP contribution in [0.25, 0.3) is 0 Å². The molecule has 1 aromatic heterocycles. The Morgan fingerprint density at radius 2 is 1.88 bits per heavy atom. The first-order chi connectivity index (χ1) is 8.00. The maximum Gasteiger partial charge on any atom is 0.131 e. The number of rotatable bonds is 6. The first kappa shape index (κ1) is 13.7. The zero-order valence-corrected chi connectivity index (χ0v) is 11.1. The number of nitrogens with one attached hydrogen (secondary N) is 1. The molecule has 1 heterocycles. The number of aromatic nitrogens is 2. The van der Waals surface area contributed by atoms with Crippen molar-refractivity contribution < 1.29 is 0 Å². The number of hydrogen-bond acceptors (Lipinski definition) is 5. The highest BCUT2D eigenvalue weighted by Gasteiger charge is 2.12. The molecule has 0 aliphatic carbocycles. The molecular weight excluding hydrogens is 214 g/mol. The van der Waals surface area contributed by atoms with E-state index in [0.29, 0.717) is 17.9 Å². The van der Waals surface area contributed by atoms with Crippen LogP contribution in [0.1, 0.15) is 27.7 Å². The topological polar surface area (TPSA) is 67.1 Å². The van der Waals surface area contributed by atoms with E-state index >= 15 is 0 Å². The van der Waals surface area contributed by atoms with Gasteiger partial charge in [0.15, 0.2) is 0 Å². The van der Waals surface area contributed by atoms with Gasteiger partial charge in [-0.1, -0.05) is 0 Å².